The van der Waals surface area contributed by atoms with Crippen molar-refractivity contribution < 1.29 is 9.59 Å². The summed E-state index contributed by atoms with van der Waals surface area (Å²) in [5.41, 5.74) is 8.77. The largest absolute Gasteiger partial charge is 0.369 e. The first-order chi connectivity index (χ1) is 11.7. The van der Waals surface area contributed by atoms with Gasteiger partial charge in [0.15, 0.2) is 0 Å². The van der Waals surface area contributed by atoms with Crippen LogP contribution in [0.2, 0.25) is 0 Å². The minimum absolute atomic E-state index is 0.105. The lowest BCUT2D eigenvalue weighted by Gasteiger charge is -2.37. The second-order valence-corrected chi connectivity index (χ2v) is 7.80. The minimum atomic E-state index is -0.300. The number of carbonyl (C=O) groups excluding carboxylic acids is 2. The van der Waals surface area contributed by atoms with Gasteiger partial charge in [0.1, 0.15) is 0 Å². The summed E-state index contributed by atoms with van der Waals surface area (Å²) >= 11 is 0. The van der Waals surface area contributed by atoms with Crippen LogP contribution in [0.3, 0.4) is 0 Å². The standard InChI is InChI=1S/C19H32N4O2/c1-12(2)10-23-15(5)17(14(4)21-23)8-9-18(24)22-11-16(19(20)25)7-6-13(22)3/h12-13,16H,6-11H2,1-5H3,(H2,20,25)/t13-,16-/m0/s1. The Morgan fingerprint density at radius 2 is 1.96 bits per heavy atom. The molecule has 0 unspecified atom stereocenters. The molecule has 2 heterocycles. The van der Waals surface area contributed by atoms with Crippen molar-refractivity contribution in [1.82, 2.24) is 14.7 Å². The van der Waals surface area contributed by atoms with Gasteiger partial charge < -0.3 is 10.6 Å². The van der Waals surface area contributed by atoms with Gasteiger partial charge in [0.05, 0.1) is 11.6 Å². The summed E-state index contributed by atoms with van der Waals surface area (Å²) in [5.74, 6) is 0.130. The van der Waals surface area contributed by atoms with Crippen LogP contribution in [0.25, 0.3) is 0 Å². The fourth-order valence-corrected chi connectivity index (χ4v) is 3.68. The highest BCUT2D eigenvalue weighted by Gasteiger charge is 2.31. The molecule has 1 aliphatic heterocycles. The van der Waals surface area contributed by atoms with Gasteiger partial charge in [0, 0.05) is 31.2 Å². The molecule has 0 aliphatic carbocycles. The van der Waals surface area contributed by atoms with Crippen molar-refractivity contribution in [3.8, 4) is 0 Å². The fourth-order valence-electron chi connectivity index (χ4n) is 3.68. The number of carbonyl (C=O) groups is 2. The van der Waals surface area contributed by atoms with E-state index >= 15 is 0 Å². The number of primary amides is 1. The Morgan fingerprint density at radius 1 is 1.28 bits per heavy atom. The Bertz CT molecular complexity index is 636. The molecule has 0 bridgehead atoms. The summed E-state index contributed by atoms with van der Waals surface area (Å²) in [7, 11) is 0. The smallest absolute Gasteiger partial charge is 0.223 e. The second kappa shape index (κ2) is 8.02. The molecule has 6 heteroatoms. The summed E-state index contributed by atoms with van der Waals surface area (Å²) < 4.78 is 2.05. The third-order valence-corrected chi connectivity index (χ3v) is 5.26. The van der Waals surface area contributed by atoms with Crippen molar-refractivity contribution in [3.05, 3.63) is 17.0 Å². The summed E-state index contributed by atoms with van der Waals surface area (Å²) in [6.07, 6.45) is 2.76. The van der Waals surface area contributed by atoms with Gasteiger partial charge in [0.25, 0.3) is 0 Å². The maximum Gasteiger partial charge on any atom is 0.223 e. The van der Waals surface area contributed by atoms with E-state index in [2.05, 4.69) is 25.9 Å². The summed E-state index contributed by atoms with van der Waals surface area (Å²) in [4.78, 5) is 26.0. The number of nitrogens with two attached hydrogens (primary N) is 1. The zero-order chi connectivity index (χ0) is 18.7. The molecule has 0 spiro atoms. The van der Waals surface area contributed by atoms with Crippen molar-refractivity contribution in [2.24, 2.45) is 17.6 Å². The lowest BCUT2D eigenvalue weighted by molar-refractivity contribution is -0.137. The van der Waals surface area contributed by atoms with E-state index < -0.39 is 0 Å². The molecule has 0 radical (unpaired) electrons. The Labute approximate surface area is 150 Å². The number of hydrogen-bond donors (Lipinski definition) is 1. The van der Waals surface area contributed by atoms with Crippen LogP contribution in [0.15, 0.2) is 0 Å². The summed E-state index contributed by atoms with van der Waals surface area (Å²) in [6, 6.07) is 0.175. The first-order valence-corrected chi connectivity index (χ1v) is 9.32. The molecule has 6 nitrogen and oxygen atoms in total. The van der Waals surface area contributed by atoms with E-state index in [1.165, 1.54) is 5.56 Å². The predicted molar refractivity (Wildman–Crippen MR) is 98.0 cm³/mol. The third-order valence-electron chi connectivity index (χ3n) is 5.26. The first-order valence-electron chi connectivity index (χ1n) is 9.32. The number of aromatic nitrogens is 2. The monoisotopic (exact) mass is 348 g/mol. The van der Waals surface area contributed by atoms with Gasteiger partial charge in [-0.2, -0.15) is 5.10 Å². The van der Waals surface area contributed by atoms with Crippen LogP contribution in [0, 0.1) is 25.7 Å². The van der Waals surface area contributed by atoms with Gasteiger partial charge in [-0.1, -0.05) is 13.8 Å². The molecule has 2 rings (SSSR count). The Hall–Kier alpha value is -1.85. The van der Waals surface area contributed by atoms with Gasteiger partial charge in [-0.05, 0) is 51.5 Å². The summed E-state index contributed by atoms with van der Waals surface area (Å²) in [6.45, 7) is 11.8. The van der Waals surface area contributed by atoms with Crippen LogP contribution < -0.4 is 5.73 Å². The van der Waals surface area contributed by atoms with Gasteiger partial charge >= 0.3 is 0 Å². The van der Waals surface area contributed by atoms with E-state index in [0.717, 1.165) is 30.8 Å². The van der Waals surface area contributed by atoms with E-state index in [1.807, 2.05) is 23.4 Å². The lowest BCUT2D eigenvalue weighted by atomic mass is 9.92. The van der Waals surface area contributed by atoms with E-state index in [1.54, 1.807) is 0 Å². The maximum atomic E-state index is 12.7. The van der Waals surface area contributed by atoms with Gasteiger partial charge in [-0.25, -0.2) is 0 Å². The number of rotatable bonds is 6. The Morgan fingerprint density at radius 3 is 2.56 bits per heavy atom. The molecular weight excluding hydrogens is 316 g/mol. The molecule has 2 N–H and O–H groups in total. The highest BCUT2D eigenvalue weighted by Crippen LogP contribution is 2.23. The van der Waals surface area contributed by atoms with Crippen LogP contribution in [0.5, 0.6) is 0 Å². The quantitative estimate of drug-likeness (QED) is 0.856. The van der Waals surface area contributed by atoms with Gasteiger partial charge in [-0.3, -0.25) is 14.3 Å². The van der Waals surface area contributed by atoms with E-state index in [-0.39, 0.29) is 23.8 Å². The van der Waals surface area contributed by atoms with Crippen LogP contribution in [0.4, 0.5) is 0 Å². The van der Waals surface area contributed by atoms with Crippen LogP contribution in [0.1, 0.15) is 57.0 Å². The van der Waals surface area contributed by atoms with Crippen molar-refractivity contribution in [1.29, 1.82) is 0 Å². The molecular formula is C19H32N4O2. The van der Waals surface area contributed by atoms with Crippen LogP contribution >= 0.6 is 0 Å². The fraction of sp³-hybridized carbons (Fsp3) is 0.737. The molecule has 1 aliphatic rings. The topological polar surface area (TPSA) is 81.2 Å². The van der Waals surface area contributed by atoms with Crippen molar-refractivity contribution in [2.75, 3.05) is 6.54 Å². The predicted octanol–water partition coefficient (Wildman–Crippen LogP) is 2.20. The Balaban J connectivity index is 2.02. The van der Waals surface area contributed by atoms with Crippen molar-refractivity contribution in [2.45, 2.75) is 72.9 Å². The Kier molecular flexibility index (Phi) is 6.25. The number of amides is 2. The molecule has 1 aromatic heterocycles. The maximum absolute atomic E-state index is 12.7. The SMILES string of the molecule is Cc1nn(CC(C)C)c(C)c1CCC(=O)N1C[C@@H](C(N)=O)CC[C@@H]1C. The highest BCUT2D eigenvalue weighted by atomic mass is 16.2. The lowest BCUT2D eigenvalue weighted by Crippen LogP contribution is -2.48. The van der Waals surface area contributed by atoms with E-state index in [4.69, 9.17) is 5.73 Å². The molecule has 1 saturated heterocycles. The van der Waals surface area contributed by atoms with Crippen LogP contribution in [-0.2, 0) is 22.6 Å². The van der Waals surface area contributed by atoms with E-state index in [0.29, 0.717) is 25.3 Å². The molecule has 1 aromatic rings. The second-order valence-electron chi connectivity index (χ2n) is 7.80. The number of aryl methyl sites for hydroxylation is 1. The number of likely N-dealkylation sites (tertiary alicyclic amines) is 1. The molecule has 1 fully saturated rings. The molecule has 0 aromatic carbocycles. The third kappa shape index (κ3) is 4.61. The molecule has 25 heavy (non-hydrogen) atoms. The first kappa shape index (κ1) is 19.5. The normalized spacial score (nSPS) is 21.0. The highest BCUT2D eigenvalue weighted by molar-refractivity contribution is 5.80. The molecule has 140 valence electrons. The van der Waals surface area contributed by atoms with Crippen molar-refractivity contribution >= 4 is 11.8 Å². The van der Waals surface area contributed by atoms with Gasteiger partial charge in [0.2, 0.25) is 11.8 Å². The zero-order valence-electron chi connectivity index (χ0n) is 16.2. The zero-order valence-corrected chi connectivity index (χ0v) is 16.2. The average Bonchev–Trinajstić information content (AvgIpc) is 2.78. The van der Waals surface area contributed by atoms with Crippen LogP contribution in [-0.4, -0.2) is 39.1 Å². The average molecular weight is 348 g/mol. The molecule has 2 atom stereocenters. The number of hydrogen-bond acceptors (Lipinski definition) is 3. The van der Waals surface area contributed by atoms with Crippen molar-refractivity contribution in [3.63, 3.8) is 0 Å². The number of piperidine rings is 1. The van der Waals surface area contributed by atoms with Gasteiger partial charge in [-0.15, -0.1) is 0 Å². The summed E-state index contributed by atoms with van der Waals surface area (Å²) in [5, 5.41) is 4.62. The molecule has 0 saturated carbocycles. The molecule has 2 amide bonds. The minimum Gasteiger partial charge on any atom is -0.369 e. The number of nitrogens with zero attached hydrogens (tertiary/aromatic N) is 3. The van der Waals surface area contributed by atoms with E-state index in [9.17, 15) is 9.59 Å².